The fourth-order valence-electron chi connectivity index (χ4n) is 3.08. The molecule has 3 atom stereocenters. The van der Waals surface area contributed by atoms with Gasteiger partial charge in [-0.3, -0.25) is 14.4 Å². The van der Waals surface area contributed by atoms with Crippen LogP contribution in [-0.2, 0) is 23.9 Å². The van der Waals surface area contributed by atoms with Crippen molar-refractivity contribution >= 4 is 36.5 Å². The fourth-order valence-corrected chi connectivity index (χ4v) is 3.32. The molecule has 0 heterocycles. The standard InChI is InChI=1S/C23H35N3O7S/c1-7-14(2)26(21(30)16(13-34)25-22(31)33-23(3,4)5)19(15-10-8-9-11-17(15)27)20(29)24-12-18(28)32-6/h8-11,14,16,19,27,34H,7,12-13H2,1-6H3,(H,24,29)(H,25,31). The van der Waals surface area contributed by atoms with Crippen LogP contribution in [0, 0.1) is 0 Å². The summed E-state index contributed by atoms with van der Waals surface area (Å²) in [6, 6.07) is 3.21. The van der Waals surface area contributed by atoms with Gasteiger partial charge >= 0.3 is 12.1 Å². The Morgan fingerprint density at radius 2 is 1.79 bits per heavy atom. The first kappa shape index (κ1) is 29.1. The number of hydrogen-bond acceptors (Lipinski definition) is 8. The summed E-state index contributed by atoms with van der Waals surface area (Å²) in [5.41, 5.74) is -0.620. The van der Waals surface area contributed by atoms with Gasteiger partial charge in [0.15, 0.2) is 0 Å². The highest BCUT2D eigenvalue weighted by atomic mass is 32.1. The predicted octanol–water partition coefficient (Wildman–Crippen LogP) is 2.17. The number of phenols is 1. The molecule has 0 saturated heterocycles. The van der Waals surface area contributed by atoms with E-state index in [1.54, 1.807) is 39.8 Å². The quantitative estimate of drug-likeness (QED) is 0.287. The Balaban J connectivity index is 3.43. The molecular weight excluding hydrogens is 462 g/mol. The summed E-state index contributed by atoms with van der Waals surface area (Å²) in [5, 5.41) is 15.5. The van der Waals surface area contributed by atoms with E-state index >= 15 is 0 Å². The van der Waals surface area contributed by atoms with Crippen molar-refractivity contribution in [2.45, 2.75) is 64.8 Å². The Morgan fingerprint density at radius 3 is 2.29 bits per heavy atom. The summed E-state index contributed by atoms with van der Waals surface area (Å²) in [4.78, 5) is 52.1. The number of carbonyl (C=O) groups excluding carboxylic acids is 4. The number of hydrogen-bond donors (Lipinski definition) is 4. The number of carbonyl (C=O) groups is 4. The lowest BCUT2D eigenvalue weighted by Crippen LogP contribution is -2.56. The summed E-state index contributed by atoms with van der Waals surface area (Å²) in [7, 11) is 1.18. The van der Waals surface area contributed by atoms with Crippen LogP contribution in [0.25, 0.3) is 0 Å². The number of ether oxygens (including phenoxy) is 2. The van der Waals surface area contributed by atoms with Crippen LogP contribution in [0.15, 0.2) is 24.3 Å². The lowest BCUT2D eigenvalue weighted by Gasteiger charge is -2.38. The van der Waals surface area contributed by atoms with Crippen molar-refractivity contribution in [2.75, 3.05) is 19.4 Å². The molecule has 0 spiro atoms. The number of methoxy groups -OCH3 is 1. The molecule has 0 aliphatic carbocycles. The highest BCUT2D eigenvalue weighted by Gasteiger charge is 2.39. The SMILES string of the molecule is CCC(C)N(C(=O)C(CS)NC(=O)OC(C)(C)C)C(C(=O)NCC(=O)OC)c1ccccc1O. The minimum Gasteiger partial charge on any atom is -0.508 e. The average molecular weight is 498 g/mol. The number of phenolic OH excluding ortho intramolecular Hbond substituents is 1. The number of amides is 3. The van der Waals surface area contributed by atoms with Gasteiger partial charge in [0.1, 0.15) is 30.0 Å². The summed E-state index contributed by atoms with van der Waals surface area (Å²) in [5.74, 6) is -2.25. The highest BCUT2D eigenvalue weighted by Crippen LogP contribution is 2.31. The van der Waals surface area contributed by atoms with Crippen LogP contribution in [0.3, 0.4) is 0 Å². The van der Waals surface area contributed by atoms with E-state index in [4.69, 9.17) is 4.74 Å². The van der Waals surface area contributed by atoms with Gasteiger partial charge in [0, 0.05) is 17.4 Å². The zero-order chi connectivity index (χ0) is 26.1. The lowest BCUT2D eigenvalue weighted by molar-refractivity contribution is -0.146. The third-order valence-corrected chi connectivity index (χ3v) is 5.25. The Hall–Kier alpha value is -2.95. The first-order valence-corrected chi connectivity index (χ1v) is 11.5. The van der Waals surface area contributed by atoms with Gasteiger partial charge in [-0.25, -0.2) is 4.79 Å². The van der Waals surface area contributed by atoms with E-state index in [0.29, 0.717) is 6.42 Å². The topological polar surface area (TPSA) is 134 Å². The molecule has 10 nitrogen and oxygen atoms in total. The van der Waals surface area contributed by atoms with Gasteiger partial charge in [0.2, 0.25) is 11.8 Å². The number of rotatable bonds is 10. The molecule has 1 rings (SSSR count). The van der Waals surface area contributed by atoms with Crippen LogP contribution in [-0.4, -0.2) is 71.0 Å². The van der Waals surface area contributed by atoms with Gasteiger partial charge in [-0.1, -0.05) is 25.1 Å². The number of thiol groups is 1. The Morgan fingerprint density at radius 1 is 1.18 bits per heavy atom. The van der Waals surface area contributed by atoms with E-state index in [2.05, 4.69) is 28.0 Å². The van der Waals surface area contributed by atoms with Crippen molar-refractivity contribution in [3.05, 3.63) is 29.8 Å². The zero-order valence-electron chi connectivity index (χ0n) is 20.5. The molecule has 3 amide bonds. The van der Waals surface area contributed by atoms with E-state index in [-0.39, 0.29) is 17.1 Å². The first-order valence-electron chi connectivity index (χ1n) is 10.9. The average Bonchev–Trinajstić information content (AvgIpc) is 2.77. The molecule has 0 aromatic heterocycles. The second-order valence-electron chi connectivity index (χ2n) is 8.64. The number of benzene rings is 1. The molecule has 11 heteroatoms. The van der Waals surface area contributed by atoms with Crippen molar-refractivity contribution in [1.29, 1.82) is 0 Å². The maximum absolute atomic E-state index is 13.7. The lowest BCUT2D eigenvalue weighted by atomic mass is 9.99. The van der Waals surface area contributed by atoms with Crippen molar-refractivity contribution in [1.82, 2.24) is 15.5 Å². The second kappa shape index (κ2) is 13.1. The molecule has 0 radical (unpaired) electrons. The Bertz CT molecular complexity index is 872. The summed E-state index contributed by atoms with van der Waals surface area (Å²) in [6.07, 6.45) is -0.343. The molecule has 0 aliphatic rings. The van der Waals surface area contributed by atoms with Crippen LogP contribution in [0.2, 0.25) is 0 Å². The van der Waals surface area contributed by atoms with E-state index in [1.165, 1.54) is 24.1 Å². The minimum absolute atomic E-state index is 0.0672. The fraction of sp³-hybridized carbons (Fsp3) is 0.565. The van der Waals surface area contributed by atoms with Gasteiger partial charge in [-0.2, -0.15) is 12.6 Å². The summed E-state index contributed by atoms with van der Waals surface area (Å²) < 4.78 is 9.82. The molecular formula is C23H35N3O7S. The molecule has 3 N–H and O–H groups in total. The number of aromatic hydroxyl groups is 1. The number of nitrogens with one attached hydrogen (secondary N) is 2. The minimum atomic E-state index is -1.30. The van der Waals surface area contributed by atoms with Crippen molar-refractivity contribution in [2.24, 2.45) is 0 Å². The third-order valence-electron chi connectivity index (χ3n) is 4.88. The van der Waals surface area contributed by atoms with E-state index in [0.717, 1.165) is 0 Å². The van der Waals surface area contributed by atoms with Crippen molar-refractivity contribution in [3.8, 4) is 5.75 Å². The van der Waals surface area contributed by atoms with Gasteiger partial charge < -0.3 is 30.1 Å². The number of nitrogens with zero attached hydrogens (tertiary/aromatic N) is 1. The van der Waals surface area contributed by atoms with E-state index in [9.17, 15) is 24.3 Å². The van der Waals surface area contributed by atoms with Crippen LogP contribution in [0.4, 0.5) is 4.79 Å². The van der Waals surface area contributed by atoms with Gasteiger partial charge in [-0.15, -0.1) is 0 Å². The molecule has 190 valence electrons. The summed E-state index contributed by atoms with van der Waals surface area (Å²) >= 11 is 4.21. The van der Waals surface area contributed by atoms with E-state index in [1.807, 2.05) is 6.92 Å². The van der Waals surface area contributed by atoms with Crippen LogP contribution in [0.1, 0.15) is 52.6 Å². The Labute approximate surface area is 205 Å². The highest BCUT2D eigenvalue weighted by molar-refractivity contribution is 7.80. The van der Waals surface area contributed by atoms with Gasteiger partial charge in [0.05, 0.1) is 7.11 Å². The molecule has 0 fully saturated rings. The smallest absolute Gasteiger partial charge is 0.408 e. The van der Waals surface area contributed by atoms with Crippen LogP contribution >= 0.6 is 12.6 Å². The van der Waals surface area contributed by atoms with Crippen LogP contribution in [0.5, 0.6) is 5.75 Å². The maximum atomic E-state index is 13.7. The maximum Gasteiger partial charge on any atom is 0.408 e. The monoisotopic (exact) mass is 497 g/mol. The van der Waals surface area contributed by atoms with E-state index < -0.39 is 54.1 Å². The molecule has 0 bridgehead atoms. The second-order valence-corrected chi connectivity index (χ2v) is 9.00. The third kappa shape index (κ3) is 8.44. The largest absolute Gasteiger partial charge is 0.508 e. The normalized spacial score (nSPS) is 13.7. The zero-order valence-corrected chi connectivity index (χ0v) is 21.3. The number of para-hydroxylation sites is 1. The van der Waals surface area contributed by atoms with Crippen molar-refractivity contribution < 1.29 is 33.8 Å². The van der Waals surface area contributed by atoms with Gasteiger partial charge in [0.25, 0.3) is 0 Å². The summed E-state index contributed by atoms with van der Waals surface area (Å²) in [6.45, 7) is 8.21. The predicted molar refractivity (Wildman–Crippen MR) is 129 cm³/mol. The van der Waals surface area contributed by atoms with Gasteiger partial charge in [-0.05, 0) is 40.2 Å². The molecule has 1 aromatic carbocycles. The first-order chi connectivity index (χ1) is 15.9. The number of alkyl carbamates (subject to hydrolysis) is 1. The molecule has 34 heavy (non-hydrogen) atoms. The Kier molecular flexibility index (Phi) is 11.2. The molecule has 0 saturated carbocycles. The van der Waals surface area contributed by atoms with Crippen molar-refractivity contribution in [3.63, 3.8) is 0 Å². The molecule has 0 aliphatic heterocycles. The molecule has 1 aromatic rings. The number of esters is 1. The van der Waals surface area contributed by atoms with Crippen LogP contribution < -0.4 is 10.6 Å². The molecule has 3 unspecified atom stereocenters.